The first-order valence-electron chi connectivity index (χ1n) is 9.37. The van der Waals surface area contributed by atoms with E-state index in [4.69, 9.17) is 9.47 Å². The second kappa shape index (κ2) is 9.08. The van der Waals surface area contributed by atoms with Gasteiger partial charge in [0.25, 0.3) is 11.8 Å². The van der Waals surface area contributed by atoms with E-state index in [1.165, 1.54) is 34.6 Å². The summed E-state index contributed by atoms with van der Waals surface area (Å²) in [7, 11) is 4.22. The van der Waals surface area contributed by atoms with Crippen molar-refractivity contribution in [2.24, 2.45) is 0 Å². The number of likely N-dealkylation sites (N-methyl/N-ethyl adjacent to an activating group) is 2. The summed E-state index contributed by atoms with van der Waals surface area (Å²) in [6.07, 6.45) is 6.50. The largest absolute Gasteiger partial charge is 0.472 e. The predicted molar refractivity (Wildman–Crippen MR) is 111 cm³/mol. The lowest BCUT2D eigenvalue weighted by atomic mass is 10.1. The third kappa shape index (κ3) is 4.57. The molecule has 0 saturated heterocycles. The molecule has 0 N–H and O–H groups in total. The number of aromatic nitrogens is 4. The molecule has 4 rings (SSSR count). The maximum atomic E-state index is 5.85. The van der Waals surface area contributed by atoms with Gasteiger partial charge in [0, 0.05) is 26.2 Å². The monoisotopic (exact) mass is 420 g/mol. The Morgan fingerprint density at radius 2 is 1.25 bits per heavy atom. The summed E-state index contributed by atoms with van der Waals surface area (Å²) >= 11 is 2.36. The van der Waals surface area contributed by atoms with Gasteiger partial charge in [-0.2, -0.15) is 8.75 Å². The molecule has 0 amide bonds. The van der Waals surface area contributed by atoms with Gasteiger partial charge < -0.3 is 19.3 Å². The van der Waals surface area contributed by atoms with E-state index >= 15 is 0 Å². The van der Waals surface area contributed by atoms with Crippen molar-refractivity contribution in [3.8, 4) is 11.8 Å². The van der Waals surface area contributed by atoms with Gasteiger partial charge in [0.1, 0.15) is 24.6 Å². The van der Waals surface area contributed by atoms with Gasteiger partial charge in [-0.3, -0.25) is 0 Å². The summed E-state index contributed by atoms with van der Waals surface area (Å²) in [4.78, 5) is 4.55. The van der Waals surface area contributed by atoms with Crippen molar-refractivity contribution in [3.05, 3.63) is 23.5 Å². The second-order valence-corrected chi connectivity index (χ2v) is 8.10. The van der Waals surface area contributed by atoms with E-state index in [1.54, 1.807) is 0 Å². The van der Waals surface area contributed by atoms with E-state index in [1.807, 2.05) is 0 Å². The minimum absolute atomic E-state index is 0.386. The van der Waals surface area contributed by atoms with Crippen LogP contribution in [-0.2, 0) is 0 Å². The van der Waals surface area contributed by atoms with Gasteiger partial charge in [-0.05, 0) is 38.1 Å². The van der Waals surface area contributed by atoms with Gasteiger partial charge >= 0.3 is 0 Å². The summed E-state index contributed by atoms with van der Waals surface area (Å²) in [5.41, 5.74) is 4.06. The predicted octanol–water partition coefficient (Wildman–Crippen LogP) is 2.29. The minimum atomic E-state index is 0.386. The molecule has 0 atom stereocenters. The smallest absolute Gasteiger partial charge is 0.253 e. The fourth-order valence-electron chi connectivity index (χ4n) is 3.35. The summed E-state index contributed by atoms with van der Waals surface area (Å²) < 4.78 is 29.2. The van der Waals surface area contributed by atoms with E-state index in [0.717, 1.165) is 50.4 Å². The van der Waals surface area contributed by atoms with Crippen LogP contribution in [-0.4, -0.2) is 80.8 Å². The maximum Gasteiger partial charge on any atom is 0.253 e. The van der Waals surface area contributed by atoms with Crippen LogP contribution in [0.15, 0.2) is 12.2 Å². The van der Waals surface area contributed by atoms with Gasteiger partial charge in [0.2, 0.25) is 0 Å². The molecule has 2 aliphatic heterocycles. The Morgan fingerprint density at radius 3 is 1.68 bits per heavy atom. The zero-order valence-electron chi connectivity index (χ0n) is 16.1. The topological polar surface area (TPSA) is 76.5 Å². The van der Waals surface area contributed by atoms with Crippen LogP contribution >= 0.6 is 23.5 Å². The van der Waals surface area contributed by atoms with Crippen molar-refractivity contribution in [2.45, 2.75) is 12.8 Å². The van der Waals surface area contributed by atoms with Crippen LogP contribution in [0.25, 0.3) is 11.1 Å². The van der Waals surface area contributed by atoms with Crippen molar-refractivity contribution in [1.82, 2.24) is 27.3 Å². The molecule has 0 aromatic carbocycles. The average molecular weight is 421 g/mol. The molecule has 2 aliphatic rings. The molecule has 150 valence electrons. The molecule has 0 aliphatic carbocycles. The van der Waals surface area contributed by atoms with Crippen LogP contribution in [0.4, 0.5) is 0 Å². The molecule has 0 bridgehead atoms. The number of nitrogens with zero attached hydrogens (tertiary/aromatic N) is 6. The first-order chi connectivity index (χ1) is 13.7. The molecule has 2 aromatic rings. The molecule has 0 saturated carbocycles. The van der Waals surface area contributed by atoms with E-state index in [9.17, 15) is 0 Å². The second-order valence-electron chi connectivity index (χ2n) is 7.04. The van der Waals surface area contributed by atoms with Crippen LogP contribution < -0.4 is 9.47 Å². The summed E-state index contributed by atoms with van der Waals surface area (Å²) in [5, 5.41) is 0. The highest BCUT2D eigenvalue weighted by molar-refractivity contribution is 6.99. The number of hydrogen-bond donors (Lipinski definition) is 0. The Morgan fingerprint density at radius 1 is 0.786 bits per heavy atom. The summed E-state index contributed by atoms with van der Waals surface area (Å²) in [6, 6.07) is 0. The normalized spacial score (nSPS) is 18.6. The molecule has 4 heterocycles. The Bertz CT molecular complexity index is 792. The maximum absolute atomic E-state index is 5.85. The lowest BCUT2D eigenvalue weighted by Crippen LogP contribution is -2.25. The van der Waals surface area contributed by atoms with Crippen molar-refractivity contribution >= 4 is 34.6 Å². The Balaban J connectivity index is 1.32. The first-order valence-corrected chi connectivity index (χ1v) is 10.8. The molecule has 2 aromatic heterocycles. The molecule has 0 radical (unpaired) electrons. The van der Waals surface area contributed by atoms with Gasteiger partial charge in [0.15, 0.2) is 0 Å². The van der Waals surface area contributed by atoms with Gasteiger partial charge in [0.05, 0.1) is 23.5 Å². The highest BCUT2D eigenvalue weighted by Crippen LogP contribution is 2.28. The van der Waals surface area contributed by atoms with Crippen molar-refractivity contribution in [1.29, 1.82) is 0 Å². The van der Waals surface area contributed by atoms with Crippen LogP contribution in [0.3, 0.4) is 0 Å². The molecular formula is C18H24N6O2S2. The third-order valence-corrected chi connectivity index (χ3v) is 5.79. The molecule has 0 unspecified atom stereocenters. The van der Waals surface area contributed by atoms with E-state index in [-0.39, 0.29) is 0 Å². The van der Waals surface area contributed by atoms with Crippen LogP contribution in [0, 0.1) is 0 Å². The number of rotatable bonds is 7. The summed E-state index contributed by atoms with van der Waals surface area (Å²) in [6.45, 7) is 4.66. The van der Waals surface area contributed by atoms with Gasteiger partial charge in [-0.15, -0.1) is 8.75 Å². The zero-order chi connectivity index (χ0) is 19.3. The number of ether oxygens (including phenoxy) is 2. The zero-order valence-corrected chi connectivity index (χ0v) is 17.8. The van der Waals surface area contributed by atoms with Gasteiger partial charge in [-0.25, -0.2) is 0 Å². The molecular weight excluding hydrogens is 396 g/mol. The molecule has 0 fully saturated rings. The standard InChI is InChI=1S/C18H24N6O2S2/c1-23-7-3-5-13(11-23)15-17(21-27-19-15)25-9-10-26-18-16(20-28-22-18)14-6-4-8-24(2)12-14/h5-6H,3-4,7-12H2,1-2H3. The van der Waals surface area contributed by atoms with Crippen LogP contribution in [0.2, 0.25) is 0 Å². The Labute approximate surface area is 173 Å². The lowest BCUT2D eigenvalue weighted by Gasteiger charge is -2.22. The first kappa shape index (κ1) is 19.4. The van der Waals surface area contributed by atoms with Crippen molar-refractivity contribution < 1.29 is 9.47 Å². The van der Waals surface area contributed by atoms with Crippen LogP contribution in [0.5, 0.6) is 11.8 Å². The quantitative estimate of drug-likeness (QED) is 0.632. The van der Waals surface area contributed by atoms with Crippen molar-refractivity contribution in [3.63, 3.8) is 0 Å². The average Bonchev–Trinajstić information content (AvgIpc) is 3.35. The molecule has 28 heavy (non-hydrogen) atoms. The fraction of sp³-hybridized carbons (Fsp3) is 0.556. The lowest BCUT2D eigenvalue weighted by molar-refractivity contribution is 0.208. The van der Waals surface area contributed by atoms with E-state index in [0.29, 0.717) is 25.0 Å². The van der Waals surface area contributed by atoms with E-state index in [2.05, 4.69) is 53.5 Å². The molecule has 0 spiro atoms. The van der Waals surface area contributed by atoms with E-state index < -0.39 is 0 Å². The Kier molecular flexibility index (Phi) is 6.30. The van der Waals surface area contributed by atoms with Crippen LogP contribution in [0.1, 0.15) is 24.2 Å². The SMILES string of the molecule is CN1CCC=C(c2nsnc2OCCOc2nsnc2C2=CCCN(C)C2)C1. The molecule has 8 nitrogen and oxygen atoms in total. The third-order valence-electron chi connectivity index (χ3n) is 4.77. The highest BCUT2D eigenvalue weighted by Gasteiger charge is 2.20. The summed E-state index contributed by atoms with van der Waals surface area (Å²) in [5.74, 6) is 1.17. The van der Waals surface area contributed by atoms with Gasteiger partial charge in [-0.1, -0.05) is 12.2 Å². The molecule has 10 heteroatoms. The fourth-order valence-corrected chi connectivity index (χ4v) is 4.41. The minimum Gasteiger partial charge on any atom is -0.472 e. The van der Waals surface area contributed by atoms with Crippen molar-refractivity contribution in [2.75, 3.05) is 53.5 Å². The number of hydrogen-bond acceptors (Lipinski definition) is 10. The Hall–Kier alpha value is -1.88. The highest BCUT2D eigenvalue weighted by atomic mass is 32.1.